The minimum absolute atomic E-state index is 0.0916. The van der Waals surface area contributed by atoms with Crippen LogP contribution in [0, 0.1) is 5.92 Å². The quantitative estimate of drug-likeness (QED) is 0.907. The van der Waals surface area contributed by atoms with Crippen LogP contribution < -0.4 is 10.1 Å². The van der Waals surface area contributed by atoms with Crippen LogP contribution in [0.5, 0.6) is 11.5 Å². The fourth-order valence-electron chi connectivity index (χ4n) is 3.28. The zero-order chi connectivity index (χ0) is 14.2. The zero-order valence-corrected chi connectivity index (χ0v) is 11.8. The molecule has 0 radical (unpaired) electrons. The van der Waals surface area contributed by atoms with Gasteiger partial charge in [-0.3, -0.25) is 0 Å². The minimum Gasteiger partial charge on any atom is -0.457 e. The maximum Gasteiger partial charge on any atom is 0.132 e. The molecule has 4 rings (SSSR count). The SMILES string of the molecule is OC1CC(CNC2c3ccccc3Oc3ccccc32)C1. The lowest BCUT2D eigenvalue weighted by Crippen LogP contribution is -2.38. The van der Waals surface area contributed by atoms with Crippen molar-refractivity contribution in [2.24, 2.45) is 5.92 Å². The first-order valence-corrected chi connectivity index (χ1v) is 7.58. The molecule has 0 saturated heterocycles. The van der Waals surface area contributed by atoms with Gasteiger partial charge in [0.1, 0.15) is 11.5 Å². The van der Waals surface area contributed by atoms with Gasteiger partial charge in [0, 0.05) is 11.1 Å². The normalized spacial score (nSPS) is 23.7. The Morgan fingerprint density at radius 3 is 2.10 bits per heavy atom. The van der Waals surface area contributed by atoms with Gasteiger partial charge in [0.15, 0.2) is 0 Å². The standard InChI is InChI=1S/C18H19NO2/c20-13-9-12(10-13)11-19-18-14-5-1-3-7-16(14)21-17-8-4-2-6-15(17)18/h1-8,12-13,18-20H,9-11H2. The van der Waals surface area contributed by atoms with E-state index in [0.717, 1.165) is 30.9 Å². The van der Waals surface area contributed by atoms with Gasteiger partial charge in [-0.25, -0.2) is 0 Å². The monoisotopic (exact) mass is 281 g/mol. The van der Waals surface area contributed by atoms with Crippen molar-refractivity contribution in [3.05, 3.63) is 59.7 Å². The van der Waals surface area contributed by atoms with Gasteiger partial charge in [-0.05, 0) is 37.4 Å². The molecule has 1 fully saturated rings. The predicted octanol–water partition coefficient (Wildman–Crippen LogP) is 3.24. The highest BCUT2D eigenvalue weighted by molar-refractivity contribution is 5.52. The van der Waals surface area contributed by atoms with Crippen LogP contribution in [-0.2, 0) is 0 Å². The predicted molar refractivity (Wildman–Crippen MR) is 81.5 cm³/mol. The maximum atomic E-state index is 9.42. The summed E-state index contributed by atoms with van der Waals surface area (Å²) in [7, 11) is 0. The van der Waals surface area contributed by atoms with Crippen molar-refractivity contribution in [3.8, 4) is 11.5 Å². The van der Waals surface area contributed by atoms with Crippen molar-refractivity contribution in [2.75, 3.05) is 6.54 Å². The van der Waals surface area contributed by atoms with E-state index in [1.807, 2.05) is 24.3 Å². The number of hydrogen-bond acceptors (Lipinski definition) is 3. The van der Waals surface area contributed by atoms with Gasteiger partial charge in [0.05, 0.1) is 12.1 Å². The van der Waals surface area contributed by atoms with E-state index in [2.05, 4.69) is 29.6 Å². The molecule has 3 heteroatoms. The van der Waals surface area contributed by atoms with Crippen LogP contribution in [0.4, 0.5) is 0 Å². The topological polar surface area (TPSA) is 41.5 Å². The van der Waals surface area contributed by atoms with E-state index in [-0.39, 0.29) is 12.1 Å². The fraction of sp³-hybridized carbons (Fsp3) is 0.333. The first-order valence-electron chi connectivity index (χ1n) is 7.58. The average molecular weight is 281 g/mol. The van der Waals surface area contributed by atoms with Gasteiger partial charge in [0.2, 0.25) is 0 Å². The van der Waals surface area contributed by atoms with E-state index >= 15 is 0 Å². The van der Waals surface area contributed by atoms with E-state index in [9.17, 15) is 5.11 Å². The van der Waals surface area contributed by atoms with Crippen molar-refractivity contribution in [1.29, 1.82) is 0 Å². The molecule has 0 unspecified atom stereocenters. The second-order valence-corrected chi connectivity index (χ2v) is 6.01. The van der Waals surface area contributed by atoms with Crippen molar-refractivity contribution < 1.29 is 9.84 Å². The molecular formula is C18H19NO2. The summed E-state index contributed by atoms with van der Waals surface area (Å²) in [6.45, 7) is 0.935. The number of aliphatic hydroxyl groups is 1. The highest BCUT2D eigenvalue weighted by Crippen LogP contribution is 2.42. The molecule has 1 heterocycles. The van der Waals surface area contributed by atoms with Gasteiger partial charge in [-0.15, -0.1) is 0 Å². The van der Waals surface area contributed by atoms with E-state index in [0.29, 0.717) is 5.92 Å². The van der Waals surface area contributed by atoms with Gasteiger partial charge < -0.3 is 15.2 Å². The van der Waals surface area contributed by atoms with Crippen LogP contribution in [0.3, 0.4) is 0 Å². The smallest absolute Gasteiger partial charge is 0.132 e. The molecule has 0 atom stereocenters. The lowest BCUT2D eigenvalue weighted by molar-refractivity contribution is 0.0422. The summed E-state index contributed by atoms with van der Waals surface area (Å²) in [5, 5.41) is 13.1. The number of nitrogens with one attached hydrogen (secondary N) is 1. The van der Waals surface area contributed by atoms with E-state index in [1.54, 1.807) is 0 Å². The summed E-state index contributed by atoms with van der Waals surface area (Å²) in [6, 6.07) is 16.6. The number of aliphatic hydroxyl groups excluding tert-OH is 1. The fourth-order valence-corrected chi connectivity index (χ4v) is 3.28. The summed E-state index contributed by atoms with van der Waals surface area (Å²) in [5.74, 6) is 2.45. The molecule has 2 aliphatic rings. The molecule has 1 saturated carbocycles. The summed E-state index contributed by atoms with van der Waals surface area (Å²) in [5.41, 5.74) is 2.38. The third-order valence-corrected chi connectivity index (χ3v) is 4.50. The van der Waals surface area contributed by atoms with Crippen molar-refractivity contribution >= 4 is 0 Å². The first kappa shape index (κ1) is 12.9. The minimum atomic E-state index is -0.0916. The van der Waals surface area contributed by atoms with Gasteiger partial charge >= 0.3 is 0 Å². The third-order valence-electron chi connectivity index (χ3n) is 4.50. The van der Waals surface area contributed by atoms with Gasteiger partial charge in [-0.1, -0.05) is 36.4 Å². The van der Waals surface area contributed by atoms with Crippen LogP contribution in [0.25, 0.3) is 0 Å². The van der Waals surface area contributed by atoms with Crippen LogP contribution in [0.2, 0.25) is 0 Å². The molecule has 0 amide bonds. The van der Waals surface area contributed by atoms with Gasteiger partial charge in [-0.2, -0.15) is 0 Å². The lowest BCUT2D eigenvalue weighted by Gasteiger charge is -2.35. The Labute approximate surface area is 124 Å². The summed E-state index contributed by atoms with van der Waals surface area (Å²) >= 11 is 0. The van der Waals surface area contributed by atoms with E-state index in [1.165, 1.54) is 11.1 Å². The highest BCUT2D eigenvalue weighted by atomic mass is 16.5. The van der Waals surface area contributed by atoms with E-state index in [4.69, 9.17) is 4.74 Å². The van der Waals surface area contributed by atoms with Crippen molar-refractivity contribution in [2.45, 2.75) is 25.0 Å². The Hall–Kier alpha value is -1.84. The molecule has 3 nitrogen and oxygen atoms in total. The van der Waals surface area contributed by atoms with Crippen molar-refractivity contribution in [1.82, 2.24) is 5.32 Å². The number of rotatable bonds is 3. The molecule has 2 aromatic rings. The molecule has 0 aromatic heterocycles. The van der Waals surface area contributed by atoms with Crippen LogP contribution in [-0.4, -0.2) is 17.8 Å². The number of ether oxygens (including phenoxy) is 1. The van der Waals surface area contributed by atoms with Gasteiger partial charge in [0.25, 0.3) is 0 Å². The Morgan fingerprint density at radius 1 is 0.952 bits per heavy atom. The summed E-state index contributed by atoms with van der Waals surface area (Å²) < 4.78 is 5.99. The summed E-state index contributed by atoms with van der Waals surface area (Å²) in [4.78, 5) is 0. The molecule has 0 bridgehead atoms. The number of hydrogen-bond donors (Lipinski definition) is 2. The lowest BCUT2D eigenvalue weighted by atomic mass is 9.82. The second kappa shape index (κ2) is 5.17. The Bertz CT molecular complexity index is 604. The zero-order valence-electron chi connectivity index (χ0n) is 11.8. The molecule has 2 N–H and O–H groups in total. The summed E-state index contributed by atoms with van der Waals surface area (Å²) in [6.07, 6.45) is 1.74. The second-order valence-electron chi connectivity index (χ2n) is 6.01. The number of fused-ring (bicyclic) bond motifs is 2. The highest BCUT2D eigenvalue weighted by Gasteiger charge is 2.30. The Morgan fingerprint density at radius 2 is 1.52 bits per heavy atom. The molecule has 1 aliphatic carbocycles. The molecule has 21 heavy (non-hydrogen) atoms. The number of para-hydroxylation sites is 2. The van der Waals surface area contributed by atoms with Crippen LogP contribution in [0.1, 0.15) is 30.0 Å². The maximum absolute atomic E-state index is 9.42. The third kappa shape index (κ3) is 2.33. The number of benzene rings is 2. The first-order chi connectivity index (χ1) is 10.3. The van der Waals surface area contributed by atoms with Crippen LogP contribution >= 0.6 is 0 Å². The molecule has 0 spiro atoms. The van der Waals surface area contributed by atoms with E-state index < -0.39 is 0 Å². The van der Waals surface area contributed by atoms with Crippen LogP contribution in [0.15, 0.2) is 48.5 Å². The molecular weight excluding hydrogens is 262 g/mol. The average Bonchev–Trinajstić information content (AvgIpc) is 2.49. The molecule has 1 aliphatic heterocycles. The molecule has 108 valence electrons. The Kier molecular flexibility index (Phi) is 3.17. The molecule has 2 aromatic carbocycles. The van der Waals surface area contributed by atoms with Crippen molar-refractivity contribution in [3.63, 3.8) is 0 Å². The largest absolute Gasteiger partial charge is 0.457 e. The Balaban J connectivity index is 1.62.